The highest BCUT2D eigenvalue weighted by Gasteiger charge is 2.15. The van der Waals surface area contributed by atoms with Crippen LogP contribution in [-0.2, 0) is 11.3 Å². The SMILES string of the molecule is O=C(NC[C@@H](O)COCc1ccccc1)c1cc(-c2ccccc2)on1. The van der Waals surface area contributed by atoms with Crippen molar-refractivity contribution < 1.29 is 19.2 Å². The highest BCUT2D eigenvalue weighted by atomic mass is 16.5. The number of ether oxygens (including phenoxy) is 1. The van der Waals surface area contributed by atoms with Crippen LogP contribution in [0, 0.1) is 0 Å². The van der Waals surface area contributed by atoms with Crippen LogP contribution in [0.1, 0.15) is 16.1 Å². The summed E-state index contributed by atoms with van der Waals surface area (Å²) in [6.45, 7) is 0.611. The second-order valence-corrected chi connectivity index (χ2v) is 5.81. The van der Waals surface area contributed by atoms with Gasteiger partial charge in [0.15, 0.2) is 11.5 Å². The number of aliphatic hydroxyl groups excluding tert-OH is 1. The van der Waals surface area contributed by atoms with Crippen molar-refractivity contribution >= 4 is 5.91 Å². The van der Waals surface area contributed by atoms with Gasteiger partial charge in [0.05, 0.1) is 19.3 Å². The number of hydrogen-bond donors (Lipinski definition) is 2. The van der Waals surface area contributed by atoms with Crippen molar-refractivity contribution in [3.05, 3.63) is 78.0 Å². The summed E-state index contributed by atoms with van der Waals surface area (Å²) in [6.07, 6.45) is -0.803. The minimum absolute atomic E-state index is 0.0706. The molecule has 26 heavy (non-hydrogen) atoms. The molecule has 1 heterocycles. The summed E-state index contributed by atoms with van der Waals surface area (Å²) in [5.74, 6) is 0.112. The molecule has 6 nitrogen and oxygen atoms in total. The molecular weight excluding hydrogens is 332 g/mol. The van der Waals surface area contributed by atoms with Crippen LogP contribution in [0.2, 0.25) is 0 Å². The Morgan fingerprint density at radius 2 is 1.81 bits per heavy atom. The van der Waals surface area contributed by atoms with Crippen LogP contribution < -0.4 is 5.32 Å². The maximum Gasteiger partial charge on any atom is 0.273 e. The van der Waals surface area contributed by atoms with Gasteiger partial charge in [0.1, 0.15) is 0 Å². The molecule has 1 atom stereocenters. The maximum absolute atomic E-state index is 12.1. The van der Waals surface area contributed by atoms with E-state index in [9.17, 15) is 9.90 Å². The molecule has 0 bridgehead atoms. The van der Waals surface area contributed by atoms with E-state index in [4.69, 9.17) is 9.26 Å². The van der Waals surface area contributed by atoms with Gasteiger partial charge < -0.3 is 19.7 Å². The smallest absolute Gasteiger partial charge is 0.273 e. The molecule has 134 valence electrons. The van der Waals surface area contributed by atoms with Gasteiger partial charge in [0.2, 0.25) is 0 Å². The van der Waals surface area contributed by atoms with Gasteiger partial charge in [-0.15, -0.1) is 0 Å². The van der Waals surface area contributed by atoms with E-state index >= 15 is 0 Å². The molecule has 1 amide bonds. The third-order valence-electron chi connectivity index (χ3n) is 3.72. The summed E-state index contributed by atoms with van der Waals surface area (Å²) in [5, 5.41) is 16.3. The molecule has 0 radical (unpaired) electrons. The summed E-state index contributed by atoms with van der Waals surface area (Å²) in [6, 6.07) is 20.7. The molecule has 0 aliphatic rings. The number of amides is 1. The highest BCUT2D eigenvalue weighted by Crippen LogP contribution is 2.19. The quantitative estimate of drug-likeness (QED) is 0.651. The Balaban J connectivity index is 1.43. The first kappa shape index (κ1) is 17.8. The fourth-order valence-electron chi connectivity index (χ4n) is 2.37. The van der Waals surface area contributed by atoms with Gasteiger partial charge in [-0.25, -0.2) is 0 Å². The van der Waals surface area contributed by atoms with E-state index in [1.165, 1.54) is 0 Å². The van der Waals surface area contributed by atoms with Crippen LogP contribution in [0.5, 0.6) is 0 Å². The van der Waals surface area contributed by atoms with Crippen LogP contribution in [0.25, 0.3) is 11.3 Å². The summed E-state index contributed by atoms with van der Waals surface area (Å²) in [7, 11) is 0. The third-order valence-corrected chi connectivity index (χ3v) is 3.72. The topological polar surface area (TPSA) is 84.6 Å². The van der Waals surface area contributed by atoms with Gasteiger partial charge in [-0.3, -0.25) is 4.79 Å². The van der Waals surface area contributed by atoms with Crippen LogP contribution >= 0.6 is 0 Å². The largest absolute Gasteiger partial charge is 0.389 e. The number of nitrogens with one attached hydrogen (secondary N) is 1. The predicted molar refractivity (Wildman–Crippen MR) is 96.4 cm³/mol. The van der Waals surface area contributed by atoms with Crippen molar-refractivity contribution in [3.8, 4) is 11.3 Å². The minimum atomic E-state index is -0.803. The van der Waals surface area contributed by atoms with Crippen LogP contribution in [0.15, 0.2) is 71.3 Å². The first-order chi connectivity index (χ1) is 12.7. The first-order valence-corrected chi connectivity index (χ1v) is 8.32. The fourth-order valence-corrected chi connectivity index (χ4v) is 2.37. The third kappa shape index (κ3) is 5.02. The van der Waals surface area contributed by atoms with Crippen molar-refractivity contribution in [1.29, 1.82) is 0 Å². The van der Waals surface area contributed by atoms with Gasteiger partial charge in [-0.1, -0.05) is 65.8 Å². The molecule has 0 fully saturated rings. The van der Waals surface area contributed by atoms with Crippen LogP contribution in [-0.4, -0.2) is 35.4 Å². The molecule has 0 spiro atoms. The van der Waals surface area contributed by atoms with E-state index in [0.29, 0.717) is 12.4 Å². The van der Waals surface area contributed by atoms with Gasteiger partial charge in [-0.2, -0.15) is 0 Å². The van der Waals surface area contributed by atoms with Gasteiger partial charge in [-0.05, 0) is 5.56 Å². The summed E-state index contributed by atoms with van der Waals surface area (Å²) >= 11 is 0. The zero-order valence-electron chi connectivity index (χ0n) is 14.2. The summed E-state index contributed by atoms with van der Waals surface area (Å²) in [5.41, 5.74) is 2.04. The van der Waals surface area contributed by atoms with Crippen molar-refractivity contribution in [2.45, 2.75) is 12.7 Å². The Morgan fingerprint density at radius 3 is 2.54 bits per heavy atom. The van der Waals surface area contributed by atoms with E-state index in [1.54, 1.807) is 6.07 Å². The molecule has 2 aromatic carbocycles. The van der Waals surface area contributed by atoms with Crippen molar-refractivity contribution in [1.82, 2.24) is 10.5 Å². The van der Waals surface area contributed by atoms with E-state index < -0.39 is 12.0 Å². The lowest BCUT2D eigenvalue weighted by molar-refractivity contribution is 0.0284. The molecule has 6 heteroatoms. The Bertz CT molecular complexity index is 818. The van der Waals surface area contributed by atoms with E-state index in [1.807, 2.05) is 60.7 Å². The van der Waals surface area contributed by atoms with E-state index in [0.717, 1.165) is 11.1 Å². The number of carbonyl (C=O) groups is 1. The number of aromatic nitrogens is 1. The number of aliphatic hydroxyl groups is 1. The normalized spacial score (nSPS) is 11.9. The van der Waals surface area contributed by atoms with E-state index in [2.05, 4.69) is 10.5 Å². The van der Waals surface area contributed by atoms with Crippen molar-refractivity contribution in [2.24, 2.45) is 0 Å². The Morgan fingerprint density at radius 1 is 1.12 bits per heavy atom. The van der Waals surface area contributed by atoms with Gasteiger partial charge in [0.25, 0.3) is 5.91 Å². The molecule has 0 saturated carbocycles. The van der Waals surface area contributed by atoms with Crippen LogP contribution in [0.4, 0.5) is 0 Å². The number of nitrogens with zero attached hydrogens (tertiary/aromatic N) is 1. The molecule has 3 rings (SSSR count). The molecule has 0 unspecified atom stereocenters. The first-order valence-electron chi connectivity index (χ1n) is 8.32. The molecule has 0 aliphatic heterocycles. The predicted octanol–water partition coefficient (Wildman–Crippen LogP) is 2.65. The Kier molecular flexibility index (Phi) is 6.14. The monoisotopic (exact) mass is 352 g/mol. The van der Waals surface area contributed by atoms with E-state index in [-0.39, 0.29) is 18.8 Å². The van der Waals surface area contributed by atoms with Crippen LogP contribution in [0.3, 0.4) is 0 Å². The second kappa shape index (κ2) is 8.94. The Hall–Kier alpha value is -2.96. The summed E-state index contributed by atoms with van der Waals surface area (Å²) in [4.78, 5) is 12.1. The number of hydrogen-bond acceptors (Lipinski definition) is 5. The molecule has 1 aromatic heterocycles. The zero-order chi connectivity index (χ0) is 18.2. The standard InChI is InChI=1S/C20H20N2O4/c23-17(14-25-13-15-7-3-1-4-8-15)12-21-20(24)18-11-19(26-22-18)16-9-5-2-6-10-16/h1-11,17,23H,12-14H2,(H,21,24)/t17-/m1/s1. The average Bonchev–Trinajstić information content (AvgIpc) is 3.18. The van der Waals surface area contributed by atoms with Crippen molar-refractivity contribution in [2.75, 3.05) is 13.2 Å². The lowest BCUT2D eigenvalue weighted by Crippen LogP contribution is -2.34. The molecule has 2 N–H and O–H groups in total. The molecular formula is C20H20N2O4. The zero-order valence-corrected chi connectivity index (χ0v) is 14.2. The van der Waals surface area contributed by atoms with Crippen molar-refractivity contribution in [3.63, 3.8) is 0 Å². The summed E-state index contributed by atoms with van der Waals surface area (Å²) < 4.78 is 10.6. The van der Waals surface area contributed by atoms with Gasteiger partial charge in [0, 0.05) is 18.2 Å². The molecule has 3 aromatic rings. The number of rotatable bonds is 8. The highest BCUT2D eigenvalue weighted by molar-refractivity contribution is 5.93. The number of carbonyl (C=O) groups excluding carboxylic acids is 1. The number of benzene rings is 2. The lowest BCUT2D eigenvalue weighted by Gasteiger charge is -2.11. The maximum atomic E-state index is 12.1. The average molecular weight is 352 g/mol. The molecule has 0 saturated heterocycles. The molecule has 0 aliphatic carbocycles. The Labute approximate surface area is 151 Å². The van der Waals surface area contributed by atoms with Gasteiger partial charge >= 0.3 is 0 Å². The lowest BCUT2D eigenvalue weighted by atomic mass is 10.1. The minimum Gasteiger partial charge on any atom is -0.389 e. The second-order valence-electron chi connectivity index (χ2n) is 5.81. The fraction of sp³-hybridized carbons (Fsp3) is 0.200.